The highest BCUT2D eigenvalue weighted by atomic mass is 127. The Morgan fingerprint density at radius 1 is 1.75 bits per heavy atom. The maximum absolute atomic E-state index is 3.85. The average Bonchev–Trinajstić information content (AvgIpc) is 1.64. The molecule has 0 fully saturated rings. The summed E-state index contributed by atoms with van der Waals surface area (Å²) in [6.45, 7) is 1.98. The van der Waals surface area contributed by atoms with Gasteiger partial charge in [-0.05, 0) is 41.1 Å². The van der Waals surface area contributed by atoms with Crippen molar-refractivity contribution in [1.82, 2.24) is 4.98 Å². The van der Waals surface area contributed by atoms with E-state index in [0.717, 1.165) is 5.56 Å². The first-order chi connectivity index (χ1) is 3.79. The second-order valence-corrected chi connectivity index (χ2v) is 2.83. The molecule has 0 aliphatic rings. The molecule has 0 N–H and O–H groups in total. The first kappa shape index (κ1) is 6.01. The first-order valence-electron chi connectivity index (χ1n) is 2.29. The van der Waals surface area contributed by atoms with E-state index in [1.807, 2.05) is 13.0 Å². The molecule has 0 unspecified atom stereocenters. The molecule has 0 saturated heterocycles. The minimum atomic E-state index is 1.09. The highest BCUT2D eigenvalue weighted by Crippen LogP contribution is 2.02. The van der Waals surface area contributed by atoms with Crippen LogP contribution in [0.4, 0.5) is 0 Å². The normalized spacial score (nSPS) is 9.25. The molecule has 1 heterocycles. The van der Waals surface area contributed by atoms with E-state index in [1.165, 1.54) is 3.57 Å². The van der Waals surface area contributed by atoms with Gasteiger partial charge in [0, 0.05) is 9.77 Å². The van der Waals surface area contributed by atoms with Gasteiger partial charge >= 0.3 is 0 Å². The van der Waals surface area contributed by atoms with E-state index in [9.17, 15) is 0 Å². The number of nitrogens with zero attached hydrogens (tertiary/aromatic N) is 1. The second kappa shape index (κ2) is 2.44. The van der Waals surface area contributed by atoms with Crippen LogP contribution in [0.2, 0.25) is 0 Å². The molecule has 0 aliphatic carbocycles. The van der Waals surface area contributed by atoms with Crippen molar-refractivity contribution < 1.29 is 0 Å². The predicted molar refractivity (Wildman–Crippen MR) is 40.5 cm³/mol. The van der Waals surface area contributed by atoms with Crippen LogP contribution in [0.25, 0.3) is 0 Å². The maximum atomic E-state index is 3.85. The van der Waals surface area contributed by atoms with E-state index in [2.05, 4.69) is 33.8 Å². The van der Waals surface area contributed by atoms with Crippen LogP contribution in [0, 0.1) is 16.7 Å². The Morgan fingerprint density at radius 3 is 2.88 bits per heavy atom. The highest BCUT2D eigenvalue weighted by Gasteiger charge is 1.84. The van der Waals surface area contributed by atoms with Crippen molar-refractivity contribution in [2.45, 2.75) is 6.92 Å². The van der Waals surface area contributed by atoms with Gasteiger partial charge in [0.15, 0.2) is 0 Å². The molecule has 1 aromatic rings. The van der Waals surface area contributed by atoms with Gasteiger partial charge in [-0.2, -0.15) is 0 Å². The van der Waals surface area contributed by atoms with Crippen molar-refractivity contribution in [2.24, 2.45) is 0 Å². The van der Waals surface area contributed by atoms with E-state index < -0.39 is 0 Å². The molecule has 1 radical (unpaired) electrons. The van der Waals surface area contributed by atoms with Crippen LogP contribution in [0.3, 0.4) is 0 Å². The molecule has 0 aliphatic heterocycles. The lowest BCUT2D eigenvalue weighted by Gasteiger charge is -1.87. The van der Waals surface area contributed by atoms with Crippen LogP contribution in [0.5, 0.6) is 0 Å². The van der Waals surface area contributed by atoms with E-state index in [4.69, 9.17) is 0 Å². The van der Waals surface area contributed by atoms with Crippen molar-refractivity contribution in [3.05, 3.63) is 27.6 Å². The smallest absolute Gasteiger partial charge is 0.0918 e. The third-order valence-electron chi connectivity index (χ3n) is 0.783. The van der Waals surface area contributed by atoms with E-state index in [1.54, 1.807) is 6.20 Å². The molecule has 8 heavy (non-hydrogen) atoms. The van der Waals surface area contributed by atoms with E-state index in [0.29, 0.717) is 0 Å². The quantitative estimate of drug-likeness (QED) is 0.605. The van der Waals surface area contributed by atoms with Gasteiger partial charge in [0.2, 0.25) is 0 Å². The summed E-state index contributed by atoms with van der Waals surface area (Å²) >= 11 is 2.22. The third-order valence-corrected chi connectivity index (χ3v) is 1.37. The molecule has 0 bridgehead atoms. The van der Waals surface area contributed by atoms with Crippen molar-refractivity contribution in [3.63, 3.8) is 0 Å². The molecule has 0 aromatic carbocycles. The molecule has 1 nitrogen and oxygen atoms in total. The minimum Gasteiger partial charge on any atom is -0.253 e. The van der Waals surface area contributed by atoms with Crippen LogP contribution >= 0.6 is 22.6 Å². The van der Waals surface area contributed by atoms with Gasteiger partial charge in [-0.1, -0.05) is 0 Å². The lowest BCUT2D eigenvalue weighted by atomic mass is 10.3. The first-order valence-corrected chi connectivity index (χ1v) is 3.37. The maximum Gasteiger partial charge on any atom is 0.0918 e. The topological polar surface area (TPSA) is 12.9 Å². The Balaban J connectivity index is 3.08. The fourth-order valence-corrected chi connectivity index (χ4v) is 1.08. The van der Waals surface area contributed by atoms with E-state index >= 15 is 0 Å². The molecule has 0 saturated carbocycles. The Hall–Kier alpha value is -0.120. The minimum absolute atomic E-state index is 1.09. The Morgan fingerprint density at radius 2 is 2.50 bits per heavy atom. The summed E-state index contributed by atoms with van der Waals surface area (Å²) < 4.78 is 1.17. The second-order valence-electron chi connectivity index (χ2n) is 1.58. The fourth-order valence-electron chi connectivity index (χ4n) is 0.472. The predicted octanol–water partition coefficient (Wildman–Crippen LogP) is 1.79. The highest BCUT2D eigenvalue weighted by molar-refractivity contribution is 14.1. The number of pyridine rings is 1. The summed E-state index contributed by atoms with van der Waals surface area (Å²) in [5, 5.41) is 0. The number of halogens is 1. The molecular formula is C6H5IN. The van der Waals surface area contributed by atoms with Crippen LogP contribution in [-0.4, -0.2) is 4.98 Å². The summed E-state index contributed by atoms with van der Waals surface area (Å²) in [5.74, 6) is 0. The number of hydrogen-bond donors (Lipinski definition) is 0. The van der Waals surface area contributed by atoms with Gasteiger partial charge in [-0.25, -0.2) is 0 Å². The Kier molecular flexibility index (Phi) is 1.83. The van der Waals surface area contributed by atoms with Gasteiger partial charge in [0.05, 0.1) is 6.20 Å². The number of aromatic nitrogens is 1. The zero-order chi connectivity index (χ0) is 5.98. The SMILES string of the molecule is Cc1[c]ncc(I)c1. The van der Waals surface area contributed by atoms with Crippen LogP contribution in [0.1, 0.15) is 5.56 Å². The van der Waals surface area contributed by atoms with Crippen LogP contribution in [0.15, 0.2) is 12.3 Å². The Bertz CT molecular complexity index is 168. The van der Waals surface area contributed by atoms with Crippen molar-refractivity contribution in [2.75, 3.05) is 0 Å². The van der Waals surface area contributed by atoms with Gasteiger partial charge < -0.3 is 0 Å². The van der Waals surface area contributed by atoms with Gasteiger partial charge in [0.25, 0.3) is 0 Å². The fraction of sp³-hybridized carbons (Fsp3) is 0.167. The van der Waals surface area contributed by atoms with Gasteiger partial charge in [-0.3, -0.25) is 4.98 Å². The van der Waals surface area contributed by atoms with Gasteiger partial charge in [0.1, 0.15) is 0 Å². The zero-order valence-corrected chi connectivity index (χ0v) is 6.64. The van der Waals surface area contributed by atoms with Gasteiger partial charge in [-0.15, -0.1) is 0 Å². The summed E-state index contributed by atoms with van der Waals surface area (Å²) in [5.41, 5.74) is 1.09. The molecule has 0 atom stereocenters. The van der Waals surface area contributed by atoms with Crippen molar-refractivity contribution >= 4 is 22.6 Å². The van der Waals surface area contributed by atoms with Crippen molar-refractivity contribution in [1.29, 1.82) is 0 Å². The molecule has 2 heteroatoms. The largest absolute Gasteiger partial charge is 0.253 e. The standard InChI is InChI=1S/C6H5IN/c1-5-2-6(7)4-8-3-5/h2,4H,1H3. The number of rotatable bonds is 0. The number of hydrogen-bond acceptors (Lipinski definition) is 1. The summed E-state index contributed by atoms with van der Waals surface area (Å²) in [4.78, 5) is 3.85. The average molecular weight is 218 g/mol. The van der Waals surface area contributed by atoms with Crippen LogP contribution < -0.4 is 0 Å². The summed E-state index contributed by atoms with van der Waals surface area (Å²) in [6, 6.07) is 2.04. The van der Waals surface area contributed by atoms with E-state index in [-0.39, 0.29) is 0 Å². The molecule has 0 amide bonds. The van der Waals surface area contributed by atoms with Crippen LogP contribution in [-0.2, 0) is 0 Å². The zero-order valence-electron chi connectivity index (χ0n) is 4.48. The van der Waals surface area contributed by atoms with Crippen molar-refractivity contribution in [3.8, 4) is 0 Å². The summed E-state index contributed by atoms with van der Waals surface area (Å²) in [7, 11) is 0. The lowest BCUT2D eigenvalue weighted by molar-refractivity contribution is 1.23. The molecule has 1 rings (SSSR count). The summed E-state index contributed by atoms with van der Waals surface area (Å²) in [6.07, 6.45) is 4.60. The lowest BCUT2D eigenvalue weighted by Crippen LogP contribution is -1.77. The Labute approximate surface area is 62.3 Å². The molecular weight excluding hydrogens is 213 g/mol. The monoisotopic (exact) mass is 218 g/mol. The number of aryl methyl sites for hydroxylation is 1. The molecule has 0 spiro atoms. The molecule has 1 aromatic heterocycles. The molecule has 41 valence electrons. The third kappa shape index (κ3) is 1.43.